The second-order valence-corrected chi connectivity index (χ2v) is 8.25. The van der Waals surface area contributed by atoms with Crippen molar-refractivity contribution in [3.63, 3.8) is 0 Å². The Morgan fingerprint density at radius 3 is 2.26 bits per heavy atom. The smallest absolute Gasteiger partial charge is 0.444 e. The van der Waals surface area contributed by atoms with Crippen LogP contribution in [0.3, 0.4) is 0 Å². The average Bonchev–Trinajstić information content (AvgIpc) is 2.51. The van der Waals surface area contributed by atoms with Crippen LogP contribution in [0.5, 0.6) is 0 Å². The van der Waals surface area contributed by atoms with E-state index < -0.39 is 38.8 Å². The van der Waals surface area contributed by atoms with Crippen LogP contribution in [0.1, 0.15) is 41.0 Å². The highest BCUT2D eigenvalue weighted by Crippen LogP contribution is 2.41. The highest BCUT2D eigenvalue weighted by Gasteiger charge is 2.52. The second kappa shape index (κ2) is 5.88. The number of ether oxygens (including phenoxy) is 1. The lowest BCUT2D eigenvalue weighted by atomic mass is 9.86. The lowest BCUT2D eigenvalue weighted by molar-refractivity contribution is -0.0532. The summed E-state index contributed by atoms with van der Waals surface area (Å²) in [6.45, 7) is 7.93. The van der Waals surface area contributed by atoms with Crippen LogP contribution in [0.4, 0.5) is 18.0 Å². The van der Waals surface area contributed by atoms with Crippen molar-refractivity contribution < 1.29 is 35.3 Å². The number of hydrogen-bond donors (Lipinski definition) is 1. The van der Waals surface area contributed by atoms with Crippen molar-refractivity contribution in [3.05, 3.63) is 11.8 Å². The van der Waals surface area contributed by atoms with Crippen molar-refractivity contribution >= 4 is 16.2 Å². The first kappa shape index (κ1) is 19.6. The number of halogens is 3. The molecule has 1 aliphatic rings. The minimum atomic E-state index is -5.75. The number of amides is 1. The van der Waals surface area contributed by atoms with E-state index in [9.17, 15) is 26.4 Å². The topological polar surface area (TPSA) is 81.7 Å². The Bertz CT molecular complexity index is 602. The third-order valence-electron chi connectivity index (χ3n) is 3.22. The molecule has 0 bridgehead atoms. The van der Waals surface area contributed by atoms with Gasteiger partial charge in [0.05, 0.1) is 0 Å². The molecule has 0 aromatic rings. The molecule has 0 fully saturated rings. The van der Waals surface area contributed by atoms with E-state index >= 15 is 0 Å². The molecule has 23 heavy (non-hydrogen) atoms. The number of nitrogens with one attached hydrogen (secondary N) is 1. The van der Waals surface area contributed by atoms with Crippen molar-refractivity contribution in [1.82, 2.24) is 5.32 Å². The molecular formula is C13H20F3NO5S. The van der Waals surface area contributed by atoms with Crippen molar-refractivity contribution in [3.8, 4) is 0 Å². The molecule has 0 aromatic carbocycles. The van der Waals surface area contributed by atoms with Crippen LogP contribution in [-0.4, -0.2) is 31.7 Å². The molecule has 0 aromatic heterocycles. The molecule has 0 spiro atoms. The molecular weight excluding hydrogens is 339 g/mol. The number of rotatable bonds is 3. The van der Waals surface area contributed by atoms with Gasteiger partial charge in [-0.05, 0) is 33.3 Å². The minimum absolute atomic E-state index is 0.120. The molecule has 1 amide bonds. The number of hydrogen-bond acceptors (Lipinski definition) is 5. The van der Waals surface area contributed by atoms with Crippen LogP contribution in [0.15, 0.2) is 11.8 Å². The molecule has 0 saturated carbocycles. The van der Waals surface area contributed by atoms with Gasteiger partial charge in [0.25, 0.3) is 0 Å². The summed E-state index contributed by atoms with van der Waals surface area (Å²) < 4.78 is 68.7. The van der Waals surface area contributed by atoms with E-state index in [2.05, 4.69) is 9.50 Å². The predicted octanol–water partition coefficient (Wildman–Crippen LogP) is 3.06. The Balaban J connectivity index is 2.82. The van der Waals surface area contributed by atoms with E-state index in [1.54, 1.807) is 20.8 Å². The van der Waals surface area contributed by atoms with E-state index in [4.69, 9.17) is 4.74 Å². The fraction of sp³-hybridized carbons (Fsp3) is 0.769. The van der Waals surface area contributed by atoms with E-state index in [0.29, 0.717) is 0 Å². The van der Waals surface area contributed by atoms with Gasteiger partial charge in [-0.15, -0.1) is 0 Å². The Kier molecular flexibility index (Phi) is 5.01. The Morgan fingerprint density at radius 1 is 1.30 bits per heavy atom. The largest absolute Gasteiger partial charge is 0.534 e. The van der Waals surface area contributed by atoms with E-state index in [1.807, 2.05) is 0 Å². The lowest BCUT2D eigenvalue weighted by Gasteiger charge is -2.31. The van der Waals surface area contributed by atoms with E-state index in [0.717, 1.165) is 0 Å². The zero-order chi connectivity index (χ0) is 18.3. The van der Waals surface area contributed by atoms with Crippen molar-refractivity contribution in [2.24, 2.45) is 5.41 Å². The highest BCUT2D eigenvalue weighted by molar-refractivity contribution is 7.87. The zero-order valence-electron chi connectivity index (χ0n) is 13.4. The second-order valence-electron chi connectivity index (χ2n) is 6.71. The van der Waals surface area contributed by atoms with Gasteiger partial charge in [-0.3, -0.25) is 0 Å². The SMILES string of the molecule is CC(C)(C)OC(=O)NC1CC=C(OS(=O)(=O)C(F)(F)F)C1(C)C. The fourth-order valence-corrected chi connectivity index (χ4v) is 2.56. The maximum atomic E-state index is 12.4. The summed E-state index contributed by atoms with van der Waals surface area (Å²) in [6, 6.07) is -0.657. The Morgan fingerprint density at radius 2 is 1.83 bits per heavy atom. The molecule has 6 nitrogen and oxygen atoms in total. The minimum Gasteiger partial charge on any atom is -0.444 e. The quantitative estimate of drug-likeness (QED) is 0.619. The highest BCUT2D eigenvalue weighted by atomic mass is 32.2. The van der Waals surface area contributed by atoms with Gasteiger partial charge in [0.2, 0.25) is 0 Å². The van der Waals surface area contributed by atoms with Crippen LogP contribution in [0, 0.1) is 5.41 Å². The number of alkyl halides is 3. The molecule has 1 aliphatic carbocycles. The Hall–Kier alpha value is -1.45. The maximum absolute atomic E-state index is 12.4. The zero-order valence-corrected chi connectivity index (χ0v) is 14.3. The number of alkyl carbamates (subject to hydrolysis) is 1. The van der Waals surface area contributed by atoms with Gasteiger partial charge in [0.1, 0.15) is 11.4 Å². The summed E-state index contributed by atoms with van der Waals surface area (Å²) in [5.41, 5.74) is -7.39. The van der Waals surface area contributed by atoms with Crippen LogP contribution < -0.4 is 5.32 Å². The lowest BCUT2D eigenvalue weighted by Crippen LogP contribution is -2.45. The maximum Gasteiger partial charge on any atom is 0.534 e. The van der Waals surface area contributed by atoms with Gasteiger partial charge in [-0.2, -0.15) is 21.6 Å². The van der Waals surface area contributed by atoms with Crippen LogP contribution >= 0.6 is 0 Å². The third kappa shape index (κ3) is 4.76. The van der Waals surface area contributed by atoms with E-state index in [1.165, 1.54) is 19.9 Å². The van der Waals surface area contributed by atoms with Gasteiger partial charge in [0, 0.05) is 11.5 Å². The number of carbonyl (C=O) groups is 1. The first-order valence-electron chi connectivity index (χ1n) is 6.77. The molecule has 0 saturated heterocycles. The summed E-state index contributed by atoms with van der Waals surface area (Å²) in [4.78, 5) is 11.8. The van der Waals surface area contributed by atoms with Crippen molar-refractivity contribution in [2.75, 3.05) is 0 Å². The van der Waals surface area contributed by atoms with Gasteiger partial charge >= 0.3 is 21.7 Å². The fourth-order valence-electron chi connectivity index (χ4n) is 1.95. The van der Waals surface area contributed by atoms with Crippen LogP contribution in [-0.2, 0) is 19.0 Å². The average molecular weight is 359 g/mol. The molecule has 0 radical (unpaired) electrons. The standard InChI is InChI=1S/C13H20F3NO5S/c1-11(2,3)21-10(18)17-8-6-7-9(12(8,4)5)22-23(19,20)13(14,15)16/h7-8H,6H2,1-5H3,(H,17,18). The van der Waals surface area contributed by atoms with E-state index in [-0.39, 0.29) is 12.2 Å². The molecule has 0 aliphatic heterocycles. The molecule has 134 valence electrons. The van der Waals surface area contributed by atoms with Gasteiger partial charge in [-0.25, -0.2) is 4.79 Å². The van der Waals surface area contributed by atoms with Crippen molar-refractivity contribution in [2.45, 2.75) is 58.2 Å². The predicted molar refractivity (Wildman–Crippen MR) is 75.7 cm³/mol. The summed E-state index contributed by atoms with van der Waals surface area (Å²) in [5, 5.41) is 2.51. The van der Waals surface area contributed by atoms with Crippen molar-refractivity contribution in [1.29, 1.82) is 0 Å². The monoisotopic (exact) mass is 359 g/mol. The summed E-state index contributed by atoms with van der Waals surface area (Å²) >= 11 is 0. The molecule has 1 rings (SSSR count). The first-order chi connectivity index (χ1) is 10.1. The van der Waals surface area contributed by atoms with Gasteiger partial charge in [-0.1, -0.05) is 13.8 Å². The molecule has 1 atom stereocenters. The summed E-state index contributed by atoms with van der Waals surface area (Å²) in [6.07, 6.45) is 0.587. The summed E-state index contributed by atoms with van der Waals surface area (Å²) in [5.74, 6) is -0.365. The first-order valence-corrected chi connectivity index (χ1v) is 8.18. The van der Waals surface area contributed by atoms with Gasteiger partial charge in [0.15, 0.2) is 0 Å². The molecule has 1 unspecified atom stereocenters. The Labute approximate surface area is 133 Å². The normalized spacial score (nSPS) is 21.6. The number of carbonyl (C=O) groups excluding carboxylic acids is 1. The van der Waals surface area contributed by atoms with Crippen LogP contribution in [0.2, 0.25) is 0 Å². The molecule has 1 N–H and O–H groups in total. The molecule has 0 heterocycles. The summed E-state index contributed by atoms with van der Waals surface area (Å²) in [7, 11) is -5.75. The van der Waals surface area contributed by atoms with Crippen LogP contribution in [0.25, 0.3) is 0 Å². The van der Waals surface area contributed by atoms with Gasteiger partial charge < -0.3 is 14.2 Å². The third-order valence-corrected chi connectivity index (χ3v) is 4.19. The molecule has 10 heteroatoms.